The van der Waals surface area contributed by atoms with Crippen LogP contribution in [0, 0.1) is 0 Å². The van der Waals surface area contributed by atoms with E-state index in [2.05, 4.69) is 10.3 Å². The summed E-state index contributed by atoms with van der Waals surface area (Å²) >= 11 is 1.53. The molecule has 0 spiro atoms. The molecule has 1 aromatic heterocycles. The number of nitrogens with zero attached hydrogens (tertiary/aromatic N) is 1. The Morgan fingerprint density at radius 2 is 1.96 bits per heavy atom. The number of rotatable bonds is 7. The van der Waals surface area contributed by atoms with Gasteiger partial charge >= 0.3 is 5.97 Å². The lowest BCUT2D eigenvalue weighted by molar-refractivity contribution is -0.137. The van der Waals surface area contributed by atoms with Crippen LogP contribution in [0.15, 0.2) is 47.8 Å². The summed E-state index contributed by atoms with van der Waals surface area (Å²) in [6, 6.07) is 12.9. The number of hydrogen-bond acceptors (Lipinski definition) is 4. The first kappa shape index (κ1) is 18.1. The molecule has 0 aliphatic carbocycles. The van der Waals surface area contributed by atoms with Crippen LogP contribution >= 0.6 is 11.3 Å². The van der Waals surface area contributed by atoms with Gasteiger partial charge < -0.3 is 10.4 Å². The van der Waals surface area contributed by atoms with Gasteiger partial charge in [0.1, 0.15) is 0 Å². The Hall–Kier alpha value is -2.73. The molecule has 0 unspecified atom stereocenters. The number of aromatic nitrogens is 1. The smallest absolute Gasteiger partial charge is 0.305 e. The average Bonchev–Trinajstić information content (AvgIpc) is 3.07. The number of carbonyl (C=O) groups excluding carboxylic acids is 1. The number of benzene rings is 2. The van der Waals surface area contributed by atoms with Gasteiger partial charge in [-0.2, -0.15) is 0 Å². The van der Waals surface area contributed by atoms with E-state index in [0.29, 0.717) is 0 Å². The van der Waals surface area contributed by atoms with Gasteiger partial charge in [-0.3, -0.25) is 9.59 Å². The summed E-state index contributed by atoms with van der Waals surface area (Å²) in [4.78, 5) is 28.2. The highest BCUT2D eigenvalue weighted by atomic mass is 32.1. The zero-order valence-corrected chi connectivity index (χ0v) is 15.3. The molecule has 3 rings (SSSR count). The topological polar surface area (TPSA) is 79.3 Å². The van der Waals surface area contributed by atoms with Crippen molar-refractivity contribution in [2.45, 2.75) is 32.2 Å². The van der Waals surface area contributed by atoms with Crippen LogP contribution in [0.3, 0.4) is 0 Å². The number of thiazole rings is 1. The molecular formula is C20H20N2O3S. The molecule has 0 radical (unpaired) electrons. The van der Waals surface area contributed by atoms with E-state index in [1.165, 1.54) is 11.3 Å². The van der Waals surface area contributed by atoms with Gasteiger partial charge in [0.05, 0.1) is 29.6 Å². The lowest BCUT2D eigenvalue weighted by atomic mass is 9.96. The minimum Gasteiger partial charge on any atom is -0.481 e. The second-order valence-corrected chi connectivity index (χ2v) is 6.99. The third kappa shape index (κ3) is 4.26. The molecule has 0 aliphatic heterocycles. The van der Waals surface area contributed by atoms with Crippen molar-refractivity contribution < 1.29 is 14.7 Å². The highest BCUT2D eigenvalue weighted by Crippen LogP contribution is 2.26. The highest BCUT2D eigenvalue weighted by molar-refractivity contribution is 7.09. The first-order valence-corrected chi connectivity index (χ1v) is 9.37. The maximum atomic E-state index is 12.5. The summed E-state index contributed by atoms with van der Waals surface area (Å²) in [5, 5.41) is 17.0. The van der Waals surface area contributed by atoms with Gasteiger partial charge in [-0.05, 0) is 22.8 Å². The van der Waals surface area contributed by atoms with Crippen LogP contribution in [-0.2, 0) is 22.4 Å². The summed E-state index contributed by atoms with van der Waals surface area (Å²) in [7, 11) is 0. The lowest BCUT2D eigenvalue weighted by Crippen LogP contribution is -2.31. The van der Waals surface area contributed by atoms with E-state index in [1.54, 1.807) is 0 Å². The molecule has 5 nitrogen and oxygen atoms in total. The first-order valence-electron chi connectivity index (χ1n) is 8.49. The Bertz CT molecular complexity index is 930. The van der Waals surface area contributed by atoms with Gasteiger partial charge in [0.2, 0.25) is 5.91 Å². The van der Waals surface area contributed by atoms with Gasteiger partial charge in [-0.25, -0.2) is 4.98 Å². The fourth-order valence-electron chi connectivity index (χ4n) is 2.97. The molecular weight excluding hydrogens is 348 g/mol. The fourth-order valence-corrected chi connectivity index (χ4v) is 3.71. The second kappa shape index (κ2) is 8.10. The van der Waals surface area contributed by atoms with Crippen LogP contribution in [0.2, 0.25) is 0 Å². The zero-order chi connectivity index (χ0) is 18.5. The molecule has 2 N–H and O–H groups in total. The normalized spacial score (nSPS) is 12.0. The number of nitrogens with one attached hydrogen (secondary N) is 1. The van der Waals surface area contributed by atoms with Gasteiger partial charge in [0.25, 0.3) is 0 Å². The molecule has 1 atom stereocenters. The van der Waals surface area contributed by atoms with Gasteiger partial charge in [0.15, 0.2) is 0 Å². The summed E-state index contributed by atoms with van der Waals surface area (Å²) in [6.45, 7) is 2.02. The van der Waals surface area contributed by atoms with E-state index in [1.807, 2.05) is 54.8 Å². The van der Waals surface area contributed by atoms with E-state index in [0.717, 1.165) is 33.5 Å². The maximum absolute atomic E-state index is 12.5. The SMILES string of the molecule is CCc1nc(CC(=O)N[C@H](CC(=O)O)c2cccc3ccccc23)cs1. The average molecular weight is 368 g/mol. The molecule has 0 fully saturated rings. The van der Waals surface area contributed by atoms with Crippen LogP contribution in [0.25, 0.3) is 10.8 Å². The lowest BCUT2D eigenvalue weighted by Gasteiger charge is -2.19. The Morgan fingerprint density at radius 3 is 2.69 bits per heavy atom. The van der Waals surface area contributed by atoms with Crippen LogP contribution in [0.1, 0.15) is 35.7 Å². The number of carboxylic acid groups (broad SMARTS) is 1. The summed E-state index contributed by atoms with van der Waals surface area (Å²) in [5.41, 5.74) is 1.53. The number of carboxylic acids is 1. The first-order chi connectivity index (χ1) is 12.6. The summed E-state index contributed by atoms with van der Waals surface area (Å²) < 4.78 is 0. The molecule has 3 aromatic rings. The summed E-state index contributed by atoms with van der Waals surface area (Å²) in [5.74, 6) is -1.18. The summed E-state index contributed by atoms with van der Waals surface area (Å²) in [6.07, 6.45) is 0.818. The molecule has 0 saturated heterocycles. The quantitative estimate of drug-likeness (QED) is 0.666. The Labute approximate surface area is 155 Å². The highest BCUT2D eigenvalue weighted by Gasteiger charge is 2.20. The third-order valence-corrected chi connectivity index (χ3v) is 5.20. The minimum atomic E-state index is -0.954. The van der Waals surface area contributed by atoms with Crippen molar-refractivity contribution in [1.29, 1.82) is 0 Å². The molecule has 0 saturated carbocycles. The van der Waals surface area contributed by atoms with Crippen molar-refractivity contribution >= 4 is 34.0 Å². The number of fused-ring (bicyclic) bond motifs is 1. The van der Waals surface area contributed by atoms with Crippen LogP contribution < -0.4 is 5.32 Å². The van der Waals surface area contributed by atoms with Gasteiger partial charge in [-0.15, -0.1) is 11.3 Å². The molecule has 6 heteroatoms. The Morgan fingerprint density at radius 1 is 1.19 bits per heavy atom. The van der Waals surface area contributed by atoms with Crippen LogP contribution in [0.4, 0.5) is 0 Å². The molecule has 0 bridgehead atoms. The Kier molecular flexibility index (Phi) is 5.63. The van der Waals surface area contributed by atoms with Crippen LogP contribution in [-0.4, -0.2) is 22.0 Å². The Balaban J connectivity index is 1.83. The molecule has 1 amide bonds. The number of aliphatic carboxylic acids is 1. The largest absolute Gasteiger partial charge is 0.481 e. The zero-order valence-electron chi connectivity index (χ0n) is 14.4. The van der Waals surface area contributed by atoms with E-state index in [4.69, 9.17) is 0 Å². The van der Waals surface area contributed by atoms with E-state index in [9.17, 15) is 14.7 Å². The predicted octanol–water partition coefficient (Wildman–Crippen LogP) is 3.73. The molecule has 134 valence electrons. The van der Waals surface area contributed by atoms with Crippen molar-refractivity contribution in [3.8, 4) is 0 Å². The van der Waals surface area contributed by atoms with Crippen molar-refractivity contribution in [3.05, 3.63) is 64.1 Å². The monoisotopic (exact) mass is 368 g/mol. The van der Waals surface area contributed by atoms with E-state index >= 15 is 0 Å². The van der Waals surface area contributed by atoms with Gasteiger partial charge in [-0.1, -0.05) is 49.4 Å². The van der Waals surface area contributed by atoms with Gasteiger partial charge in [0, 0.05) is 5.38 Å². The fraction of sp³-hybridized carbons (Fsp3) is 0.250. The predicted molar refractivity (Wildman–Crippen MR) is 102 cm³/mol. The number of carbonyl (C=O) groups is 2. The number of hydrogen-bond donors (Lipinski definition) is 2. The van der Waals surface area contributed by atoms with Crippen molar-refractivity contribution in [2.75, 3.05) is 0 Å². The molecule has 0 aliphatic rings. The van der Waals surface area contributed by atoms with E-state index in [-0.39, 0.29) is 18.7 Å². The second-order valence-electron chi connectivity index (χ2n) is 6.05. The number of amides is 1. The van der Waals surface area contributed by atoms with Crippen LogP contribution in [0.5, 0.6) is 0 Å². The van der Waals surface area contributed by atoms with Crippen molar-refractivity contribution in [2.24, 2.45) is 0 Å². The standard InChI is InChI=1S/C20H20N2O3S/c1-2-19-21-14(12-26-19)10-18(23)22-17(11-20(24)25)16-9-5-7-13-6-3-4-8-15(13)16/h3-9,12,17H,2,10-11H2,1H3,(H,22,23)(H,24,25)/t17-/m1/s1. The third-order valence-electron chi connectivity index (χ3n) is 4.16. The minimum absolute atomic E-state index is 0.150. The molecule has 2 aromatic carbocycles. The number of aryl methyl sites for hydroxylation is 1. The maximum Gasteiger partial charge on any atom is 0.305 e. The molecule has 26 heavy (non-hydrogen) atoms. The van der Waals surface area contributed by atoms with Crippen molar-refractivity contribution in [1.82, 2.24) is 10.3 Å². The van der Waals surface area contributed by atoms with E-state index < -0.39 is 12.0 Å². The molecule has 1 heterocycles. The van der Waals surface area contributed by atoms with Crippen molar-refractivity contribution in [3.63, 3.8) is 0 Å².